The number of benzene rings is 3. The van der Waals surface area contributed by atoms with Gasteiger partial charge in [-0.2, -0.15) is 13.2 Å². The van der Waals surface area contributed by atoms with E-state index in [1.54, 1.807) is 86.0 Å². The van der Waals surface area contributed by atoms with Gasteiger partial charge in [-0.3, -0.25) is 19.4 Å². The standard InChI is InChI=1S/C31H25F3N4O3S/c1-20(28(39)37-26-12-6-5-11-25(26)31(32,33)34)42-24-15-13-23(14-16-24)36-30(41)27(18-21-8-7-17-35-19-21)38-29(40)22-9-3-2-4-10-22/h2-20H,1H3,(H,36,41)(H,37,39)(H,38,40)/b27-18-. The van der Waals surface area contributed by atoms with Gasteiger partial charge in [-0.25, -0.2) is 0 Å². The van der Waals surface area contributed by atoms with Gasteiger partial charge in [0.1, 0.15) is 5.70 Å². The zero-order chi connectivity index (χ0) is 30.1. The summed E-state index contributed by atoms with van der Waals surface area (Å²) in [6.07, 6.45) is 0.0423. The normalized spacial score (nSPS) is 12.2. The first-order valence-electron chi connectivity index (χ1n) is 12.6. The molecule has 1 atom stereocenters. The molecular weight excluding hydrogens is 565 g/mol. The lowest BCUT2D eigenvalue weighted by atomic mass is 10.1. The lowest BCUT2D eigenvalue weighted by molar-refractivity contribution is -0.137. The molecule has 0 aliphatic carbocycles. The molecule has 1 unspecified atom stereocenters. The van der Waals surface area contributed by atoms with E-state index in [-0.39, 0.29) is 11.4 Å². The second-order valence-electron chi connectivity index (χ2n) is 8.94. The number of thioether (sulfide) groups is 1. The maximum Gasteiger partial charge on any atom is 0.418 e. The Balaban J connectivity index is 1.42. The van der Waals surface area contributed by atoms with Gasteiger partial charge in [0.05, 0.1) is 16.5 Å². The van der Waals surface area contributed by atoms with Crippen molar-refractivity contribution in [3.63, 3.8) is 0 Å². The summed E-state index contributed by atoms with van der Waals surface area (Å²) in [5.41, 5.74) is 0.172. The molecule has 0 aliphatic rings. The minimum Gasteiger partial charge on any atom is -0.325 e. The highest BCUT2D eigenvalue weighted by Gasteiger charge is 2.34. The molecule has 0 saturated carbocycles. The van der Waals surface area contributed by atoms with E-state index >= 15 is 0 Å². The van der Waals surface area contributed by atoms with Crippen molar-refractivity contribution in [2.75, 3.05) is 10.6 Å². The number of pyridine rings is 1. The fourth-order valence-corrected chi connectivity index (χ4v) is 4.58. The zero-order valence-corrected chi connectivity index (χ0v) is 23.0. The number of anilines is 2. The maximum absolute atomic E-state index is 13.3. The zero-order valence-electron chi connectivity index (χ0n) is 22.2. The first-order chi connectivity index (χ1) is 20.1. The Kier molecular flexibility index (Phi) is 9.77. The molecule has 0 spiro atoms. The Labute approximate surface area is 244 Å². The molecule has 4 aromatic rings. The third kappa shape index (κ3) is 8.31. The van der Waals surface area contributed by atoms with Crippen LogP contribution in [0.3, 0.4) is 0 Å². The molecule has 3 aromatic carbocycles. The highest BCUT2D eigenvalue weighted by Crippen LogP contribution is 2.35. The number of carbonyl (C=O) groups is 3. The predicted molar refractivity (Wildman–Crippen MR) is 157 cm³/mol. The van der Waals surface area contributed by atoms with Crippen molar-refractivity contribution in [3.05, 3.63) is 126 Å². The molecule has 1 aromatic heterocycles. The first-order valence-corrected chi connectivity index (χ1v) is 13.5. The van der Waals surface area contributed by atoms with Gasteiger partial charge in [-0.05, 0) is 73.2 Å². The number of amides is 3. The Morgan fingerprint density at radius 1 is 0.857 bits per heavy atom. The van der Waals surface area contributed by atoms with Crippen LogP contribution in [0.1, 0.15) is 28.4 Å². The smallest absolute Gasteiger partial charge is 0.325 e. The summed E-state index contributed by atoms with van der Waals surface area (Å²) in [6.45, 7) is 1.58. The number of halogens is 3. The molecule has 0 bridgehead atoms. The van der Waals surface area contributed by atoms with Crippen LogP contribution in [0.25, 0.3) is 6.08 Å². The molecule has 4 rings (SSSR count). The van der Waals surface area contributed by atoms with Gasteiger partial charge in [-0.1, -0.05) is 36.4 Å². The summed E-state index contributed by atoms with van der Waals surface area (Å²) in [5.74, 6) is -1.62. The minimum atomic E-state index is -4.60. The summed E-state index contributed by atoms with van der Waals surface area (Å²) in [4.78, 5) is 43.2. The highest BCUT2D eigenvalue weighted by molar-refractivity contribution is 8.00. The van der Waals surface area contributed by atoms with E-state index in [1.165, 1.54) is 24.3 Å². The van der Waals surface area contributed by atoms with Gasteiger partial charge in [-0.15, -0.1) is 11.8 Å². The van der Waals surface area contributed by atoms with Crippen LogP contribution in [0.4, 0.5) is 24.5 Å². The number of alkyl halides is 3. The van der Waals surface area contributed by atoms with Crippen molar-refractivity contribution in [2.45, 2.75) is 23.2 Å². The number of rotatable bonds is 9. The van der Waals surface area contributed by atoms with Crippen molar-refractivity contribution >= 4 is 46.9 Å². The van der Waals surface area contributed by atoms with Crippen molar-refractivity contribution in [1.82, 2.24) is 10.3 Å². The van der Waals surface area contributed by atoms with Crippen LogP contribution in [0.15, 0.2) is 114 Å². The Bertz CT molecular complexity index is 1580. The number of aromatic nitrogens is 1. The third-order valence-corrected chi connectivity index (χ3v) is 6.92. The van der Waals surface area contributed by atoms with Crippen LogP contribution < -0.4 is 16.0 Å². The van der Waals surface area contributed by atoms with Crippen LogP contribution in [0.2, 0.25) is 0 Å². The SMILES string of the molecule is CC(Sc1ccc(NC(=O)/C(=C/c2cccnc2)NC(=O)c2ccccc2)cc1)C(=O)Nc1ccccc1C(F)(F)F. The number of nitrogens with one attached hydrogen (secondary N) is 3. The quantitative estimate of drug-likeness (QED) is 0.150. The summed E-state index contributed by atoms with van der Waals surface area (Å²) < 4.78 is 39.8. The van der Waals surface area contributed by atoms with E-state index in [0.29, 0.717) is 21.7 Å². The molecule has 214 valence electrons. The molecule has 0 saturated heterocycles. The van der Waals surface area contributed by atoms with Crippen LogP contribution >= 0.6 is 11.8 Å². The average molecular weight is 591 g/mol. The summed E-state index contributed by atoms with van der Waals surface area (Å²) >= 11 is 1.14. The maximum atomic E-state index is 13.3. The van der Waals surface area contributed by atoms with Crippen molar-refractivity contribution < 1.29 is 27.6 Å². The van der Waals surface area contributed by atoms with Crippen molar-refractivity contribution in [3.8, 4) is 0 Å². The number of para-hydroxylation sites is 1. The van der Waals surface area contributed by atoms with E-state index in [0.717, 1.165) is 17.8 Å². The Morgan fingerprint density at radius 3 is 2.21 bits per heavy atom. The third-order valence-electron chi connectivity index (χ3n) is 5.81. The van der Waals surface area contributed by atoms with E-state index in [9.17, 15) is 27.6 Å². The summed E-state index contributed by atoms with van der Waals surface area (Å²) in [7, 11) is 0. The molecular formula is C31H25F3N4O3S. The highest BCUT2D eigenvalue weighted by atomic mass is 32.2. The van der Waals surface area contributed by atoms with E-state index in [4.69, 9.17) is 0 Å². The molecule has 11 heteroatoms. The molecule has 1 heterocycles. The first kappa shape index (κ1) is 30.1. The minimum absolute atomic E-state index is 0.000244. The van der Waals surface area contributed by atoms with Crippen molar-refractivity contribution in [1.29, 1.82) is 0 Å². The van der Waals surface area contributed by atoms with Crippen LogP contribution in [-0.4, -0.2) is 28.0 Å². The van der Waals surface area contributed by atoms with Crippen LogP contribution in [0, 0.1) is 0 Å². The van der Waals surface area contributed by atoms with E-state index < -0.39 is 34.7 Å². The lowest BCUT2D eigenvalue weighted by Crippen LogP contribution is -2.30. The fourth-order valence-electron chi connectivity index (χ4n) is 3.72. The topological polar surface area (TPSA) is 100 Å². The lowest BCUT2D eigenvalue weighted by Gasteiger charge is -2.16. The van der Waals surface area contributed by atoms with Gasteiger partial charge in [0.25, 0.3) is 11.8 Å². The van der Waals surface area contributed by atoms with Crippen LogP contribution in [-0.2, 0) is 15.8 Å². The van der Waals surface area contributed by atoms with E-state index in [1.807, 2.05) is 0 Å². The largest absolute Gasteiger partial charge is 0.418 e. The molecule has 0 aliphatic heterocycles. The molecule has 0 radical (unpaired) electrons. The van der Waals surface area contributed by atoms with Gasteiger partial charge in [0, 0.05) is 28.5 Å². The molecule has 42 heavy (non-hydrogen) atoms. The second kappa shape index (κ2) is 13.6. The molecule has 0 fully saturated rings. The average Bonchev–Trinajstić information content (AvgIpc) is 2.98. The Morgan fingerprint density at radius 2 is 1.55 bits per heavy atom. The molecule has 3 amide bonds. The number of hydrogen-bond acceptors (Lipinski definition) is 5. The number of carbonyl (C=O) groups excluding carboxylic acids is 3. The van der Waals surface area contributed by atoms with E-state index in [2.05, 4.69) is 20.9 Å². The summed E-state index contributed by atoms with van der Waals surface area (Å²) in [5, 5.41) is 7.02. The number of nitrogens with zero attached hydrogens (tertiary/aromatic N) is 1. The van der Waals surface area contributed by atoms with Gasteiger partial charge < -0.3 is 16.0 Å². The van der Waals surface area contributed by atoms with Gasteiger partial charge in [0.15, 0.2) is 0 Å². The summed E-state index contributed by atoms with van der Waals surface area (Å²) in [6, 6.07) is 23.2. The predicted octanol–water partition coefficient (Wildman–Crippen LogP) is 6.63. The number of hydrogen-bond donors (Lipinski definition) is 3. The van der Waals surface area contributed by atoms with Gasteiger partial charge >= 0.3 is 6.18 Å². The second-order valence-corrected chi connectivity index (χ2v) is 10.3. The molecule has 3 N–H and O–H groups in total. The molecule has 7 nitrogen and oxygen atoms in total. The Hall–Kier alpha value is -4.90. The van der Waals surface area contributed by atoms with Crippen molar-refractivity contribution in [2.24, 2.45) is 0 Å². The van der Waals surface area contributed by atoms with Crippen LogP contribution in [0.5, 0.6) is 0 Å². The van der Waals surface area contributed by atoms with Gasteiger partial charge in [0.2, 0.25) is 5.91 Å². The monoisotopic (exact) mass is 590 g/mol. The fraction of sp³-hybridized carbons (Fsp3) is 0.0968.